The second-order valence-corrected chi connectivity index (χ2v) is 4.74. The molecule has 1 unspecified atom stereocenters. The summed E-state index contributed by atoms with van der Waals surface area (Å²) < 4.78 is 0. The SMILES string of the molecule is O=C1CSC(N/N=C/c2cc([N+](=O)[O-])ccc2O)N1. The average Bonchev–Trinajstić information content (AvgIpc) is 2.77. The number of nitro benzene ring substituents is 1. The zero-order chi connectivity index (χ0) is 13.8. The summed E-state index contributed by atoms with van der Waals surface area (Å²) in [6.07, 6.45) is 1.26. The van der Waals surface area contributed by atoms with Crippen molar-refractivity contribution < 1.29 is 14.8 Å². The third-order valence-electron chi connectivity index (χ3n) is 2.29. The molecule has 1 aromatic carbocycles. The van der Waals surface area contributed by atoms with Crippen molar-refractivity contribution in [2.75, 3.05) is 5.75 Å². The van der Waals surface area contributed by atoms with Crippen LogP contribution in [-0.2, 0) is 4.79 Å². The monoisotopic (exact) mass is 282 g/mol. The Kier molecular flexibility index (Phi) is 3.85. The Bertz CT molecular complexity index is 548. The molecule has 1 amide bonds. The van der Waals surface area contributed by atoms with Crippen LogP contribution >= 0.6 is 11.8 Å². The van der Waals surface area contributed by atoms with Crippen LogP contribution in [0.3, 0.4) is 0 Å². The standard InChI is InChI=1S/C10H10N4O4S/c15-8-2-1-7(14(17)18)3-6(8)4-11-13-10-12-9(16)5-19-10/h1-4,10,13,15H,5H2,(H,12,16)/b11-4+. The third kappa shape index (κ3) is 3.35. The summed E-state index contributed by atoms with van der Waals surface area (Å²) in [4.78, 5) is 21.0. The Morgan fingerprint density at radius 1 is 1.63 bits per heavy atom. The highest BCUT2D eigenvalue weighted by atomic mass is 32.2. The minimum Gasteiger partial charge on any atom is -0.507 e. The molecule has 0 aliphatic carbocycles. The number of aromatic hydroxyl groups is 1. The molecule has 1 aliphatic rings. The van der Waals surface area contributed by atoms with Crippen LogP contribution in [0.1, 0.15) is 5.56 Å². The Morgan fingerprint density at radius 3 is 3.05 bits per heavy atom. The highest BCUT2D eigenvalue weighted by Crippen LogP contribution is 2.21. The fraction of sp³-hybridized carbons (Fsp3) is 0.200. The largest absolute Gasteiger partial charge is 0.507 e. The van der Waals surface area contributed by atoms with Gasteiger partial charge in [0.2, 0.25) is 5.91 Å². The number of rotatable bonds is 4. The lowest BCUT2D eigenvalue weighted by Gasteiger charge is -2.07. The molecule has 8 nitrogen and oxygen atoms in total. The fourth-order valence-corrected chi connectivity index (χ4v) is 2.14. The highest BCUT2D eigenvalue weighted by molar-refractivity contribution is 8.00. The van der Waals surface area contributed by atoms with Gasteiger partial charge in [-0.2, -0.15) is 5.10 Å². The maximum absolute atomic E-state index is 10.9. The number of nitrogens with one attached hydrogen (secondary N) is 2. The second-order valence-electron chi connectivity index (χ2n) is 3.65. The van der Waals surface area contributed by atoms with Crippen LogP contribution in [0.5, 0.6) is 5.75 Å². The van der Waals surface area contributed by atoms with E-state index in [1.165, 1.54) is 36.2 Å². The van der Waals surface area contributed by atoms with E-state index >= 15 is 0 Å². The summed E-state index contributed by atoms with van der Waals surface area (Å²) >= 11 is 1.34. The fourth-order valence-electron chi connectivity index (χ4n) is 1.39. The first-order valence-electron chi connectivity index (χ1n) is 5.23. The summed E-state index contributed by atoms with van der Waals surface area (Å²) in [7, 11) is 0. The molecule has 0 radical (unpaired) electrons. The lowest BCUT2D eigenvalue weighted by molar-refractivity contribution is -0.384. The molecular formula is C10H10N4O4S. The van der Waals surface area contributed by atoms with Gasteiger partial charge in [0, 0.05) is 17.7 Å². The van der Waals surface area contributed by atoms with Crippen LogP contribution < -0.4 is 10.7 Å². The van der Waals surface area contributed by atoms with E-state index in [1.807, 2.05) is 0 Å². The van der Waals surface area contributed by atoms with Crippen molar-refractivity contribution in [2.24, 2.45) is 5.10 Å². The van der Waals surface area contributed by atoms with Gasteiger partial charge in [-0.15, -0.1) is 11.8 Å². The average molecular weight is 282 g/mol. The van der Waals surface area contributed by atoms with E-state index in [-0.39, 0.29) is 28.4 Å². The molecule has 0 bridgehead atoms. The van der Waals surface area contributed by atoms with Gasteiger partial charge in [0.15, 0.2) is 5.50 Å². The summed E-state index contributed by atoms with van der Waals surface area (Å²) in [6, 6.07) is 3.64. The first-order chi connectivity index (χ1) is 9.06. The maximum Gasteiger partial charge on any atom is 0.270 e. The van der Waals surface area contributed by atoms with E-state index in [1.54, 1.807) is 0 Å². The number of hydrogen-bond acceptors (Lipinski definition) is 7. The maximum atomic E-state index is 10.9. The Balaban J connectivity index is 2.03. The van der Waals surface area contributed by atoms with Crippen molar-refractivity contribution >= 4 is 29.6 Å². The molecule has 3 N–H and O–H groups in total. The number of thioether (sulfide) groups is 1. The number of nitrogens with zero attached hydrogens (tertiary/aromatic N) is 2. The number of nitro groups is 1. The minimum atomic E-state index is -0.558. The van der Waals surface area contributed by atoms with Gasteiger partial charge in [-0.05, 0) is 6.07 Å². The number of phenols is 1. The number of hydrazone groups is 1. The molecule has 0 saturated carbocycles. The number of carbonyl (C=O) groups excluding carboxylic acids is 1. The second kappa shape index (κ2) is 5.57. The molecule has 1 saturated heterocycles. The first-order valence-corrected chi connectivity index (χ1v) is 6.28. The quantitative estimate of drug-likeness (QED) is 0.417. The van der Waals surface area contributed by atoms with Gasteiger partial charge in [-0.25, -0.2) is 0 Å². The van der Waals surface area contributed by atoms with Gasteiger partial charge in [0.25, 0.3) is 5.69 Å². The van der Waals surface area contributed by atoms with E-state index in [9.17, 15) is 20.0 Å². The number of phenolic OH excluding ortho intramolecular Hbond substituents is 1. The Labute approximate surface area is 112 Å². The predicted molar refractivity (Wildman–Crippen MR) is 69.9 cm³/mol. The van der Waals surface area contributed by atoms with Crippen molar-refractivity contribution in [1.29, 1.82) is 0 Å². The van der Waals surface area contributed by atoms with Crippen molar-refractivity contribution in [3.8, 4) is 5.75 Å². The zero-order valence-electron chi connectivity index (χ0n) is 9.57. The molecule has 100 valence electrons. The van der Waals surface area contributed by atoms with Crippen LogP contribution in [0.25, 0.3) is 0 Å². The zero-order valence-corrected chi connectivity index (χ0v) is 10.4. The normalized spacial score (nSPS) is 18.5. The number of carbonyl (C=O) groups is 1. The molecule has 9 heteroatoms. The Morgan fingerprint density at radius 2 is 2.42 bits per heavy atom. The van der Waals surface area contributed by atoms with Gasteiger partial charge in [0.05, 0.1) is 16.9 Å². The van der Waals surface area contributed by atoms with E-state index < -0.39 is 4.92 Å². The number of amides is 1. The van der Waals surface area contributed by atoms with E-state index in [2.05, 4.69) is 15.8 Å². The van der Waals surface area contributed by atoms with Crippen LogP contribution in [0.4, 0.5) is 5.69 Å². The summed E-state index contributed by atoms with van der Waals surface area (Å²) in [5.74, 6) is 0.157. The Hall–Kier alpha value is -2.29. The van der Waals surface area contributed by atoms with Crippen LogP contribution in [0.2, 0.25) is 0 Å². The number of benzene rings is 1. The van der Waals surface area contributed by atoms with Crippen molar-refractivity contribution in [2.45, 2.75) is 5.50 Å². The molecule has 1 aromatic rings. The van der Waals surface area contributed by atoms with Crippen molar-refractivity contribution in [1.82, 2.24) is 10.7 Å². The van der Waals surface area contributed by atoms with Gasteiger partial charge in [0.1, 0.15) is 5.75 Å². The number of non-ortho nitro benzene ring substituents is 1. The highest BCUT2D eigenvalue weighted by Gasteiger charge is 2.20. The minimum absolute atomic E-state index is 0.0871. The van der Waals surface area contributed by atoms with Gasteiger partial charge >= 0.3 is 0 Å². The van der Waals surface area contributed by atoms with Crippen LogP contribution in [0.15, 0.2) is 23.3 Å². The molecule has 2 rings (SSSR count). The van der Waals surface area contributed by atoms with Gasteiger partial charge in [-0.1, -0.05) is 0 Å². The molecule has 0 aromatic heterocycles. The van der Waals surface area contributed by atoms with Gasteiger partial charge < -0.3 is 10.4 Å². The molecule has 1 fully saturated rings. The third-order valence-corrected chi connectivity index (χ3v) is 3.28. The smallest absolute Gasteiger partial charge is 0.270 e. The summed E-state index contributed by atoms with van der Waals surface area (Å²) in [5.41, 5.74) is 2.41. The molecule has 0 spiro atoms. The predicted octanol–water partition coefficient (Wildman–Crippen LogP) is 0.370. The van der Waals surface area contributed by atoms with E-state index in [0.717, 1.165) is 0 Å². The molecule has 1 heterocycles. The van der Waals surface area contributed by atoms with Crippen LogP contribution in [-0.4, -0.2) is 33.4 Å². The summed E-state index contributed by atoms with van der Waals surface area (Å²) in [6.45, 7) is 0. The number of hydrogen-bond donors (Lipinski definition) is 3. The first kappa shape index (κ1) is 13.1. The molecule has 1 atom stereocenters. The van der Waals surface area contributed by atoms with Crippen molar-refractivity contribution in [3.05, 3.63) is 33.9 Å². The van der Waals surface area contributed by atoms with Crippen LogP contribution in [0, 0.1) is 10.1 Å². The summed E-state index contributed by atoms with van der Waals surface area (Å²) in [5, 5.41) is 26.6. The lowest BCUT2D eigenvalue weighted by Crippen LogP contribution is -2.34. The van der Waals surface area contributed by atoms with E-state index in [4.69, 9.17) is 0 Å². The molecule has 1 aliphatic heterocycles. The lowest BCUT2D eigenvalue weighted by atomic mass is 10.2. The van der Waals surface area contributed by atoms with Gasteiger partial charge in [-0.3, -0.25) is 20.3 Å². The van der Waals surface area contributed by atoms with E-state index in [0.29, 0.717) is 5.75 Å². The van der Waals surface area contributed by atoms with Crippen molar-refractivity contribution in [3.63, 3.8) is 0 Å². The molecule has 19 heavy (non-hydrogen) atoms. The molecular weight excluding hydrogens is 272 g/mol. The topological polar surface area (TPSA) is 117 Å².